The molecule has 40 heavy (non-hydrogen) atoms. The maximum atomic E-state index is 13.0. The predicted molar refractivity (Wildman–Crippen MR) is 147 cm³/mol. The summed E-state index contributed by atoms with van der Waals surface area (Å²) in [5, 5.41) is 0. The Morgan fingerprint density at radius 2 is 1.80 bits per heavy atom. The maximum absolute atomic E-state index is 13.0. The quantitative estimate of drug-likeness (QED) is 0.214. The van der Waals surface area contributed by atoms with Crippen molar-refractivity contribution in [3.05, 3.63) is 12.2 Å². The number of nitrogens with two attached hydrogens (primary N) is 2. The van der Waals surface area contributed by atoms with Crippen molar-refractivity contribution < 1.29 is 32.3 Å². The Labute approximate surface area is 236 Å². The molecule has 12 nitrogen and oxygen atoms in total. The first kappa shape index (κ1) is 30.3. The fraction of sp³-hybridized carbons (Fsp3) is 0.778. The van der Waals surface area contributed by atoms with Gasteiger partial charge >= 0.3 is 6.09 Å². The van der Waals surface area contributed by atoms with Crippen molar-refractivity contribution in [2.75, 3.05) is 19.6 Å². The number of rotatable bonds is 13. The maximum Gasteiger partial charge on any atom is 0.410 e. The molecule has 2 saturated carbocycles. The summed E-state index contributed by atoms with van der Waals surface area (Å²) in [5.74, 6) is -1.62. The Bertz CT molecular complexity index is 1120. The van der Waals surface area contributed by atoms with Crippen LogP contribution in [0.4, 0.5) is 4.79 Å². The number of nitrogens with one attached hydrogen (secondary N) is 1. The highest BCUT2D eigenvalue weighted by Gasteiger charge is 2.52. The molecule has 2 saturated heterocycles. The molecule has 2 aliphatic carbocycles. The average molecular weight is 582 g/mol. The molecule has 2 heterocycles. The summed E-state index contributed by atoms with van der Waals surface area (Å²) in [4.78, 5) is 52.5. The van der Waals surface area contributed by atoms with Crippen LogP contribution in [0.25, 0.3) is 0 Å². The first-order valence-corrected chi connectivity index (χ1v) is 15.9. The van der Waals surface area contributed by atoms with Crippen molar-refractivity contribution >= 4 is 33.8 Å². The van der Waals surface area contributed by atoms with Crippen LogP contribution in [0.15, 0.2) is 12.2 Å². The number of likely N-dealkylation sites (tertiary alicyclic amines) is 2. The second-order valence-corrected chi connectivity index (χ2v) is 14.1. The van der Waals surface area contributed by atoms with E-state index in [1.54, 1.807) is 11.8 Å². The van der Waals surface area contributed by atoms with Crippen molar-refractivity contribution in [1.29, 1.82) is 0 Å². The molecule has 5 atom stereocenters. The first-order valence-electron chi connectivity index (χ1n) is 14.5. The van der Waals surface area contributed by atoms with Crippen LogP contribution in [0.5, 0.6) is 0 Å². The van der Waals surface area contributed by atoms with E-state index >= 15 is 0 Å². The van der Waals surface area contributed by atoms with Crippen LogP contribution in [0, 0.1) is 11.8 Å². The largest absolute Gasteiger partial charge is 0.444 e. The molecular weight excluding hydrogens is 538 g/mol. The minimum Gasteiger partial charge on any atom is -0.444 e. The SMILES string of the molecule is CC1(S(=O)(=O)NC(=O)[C@H]2C[C@H]2/C=C\CCCCC[C@H](N)C(=O)N2C[C@H](OC(=O)N3CCCC3)C[C@H]2C(N)=O)CC1. The molecular formula is C27H43N5O7S. The topological polar surface area (TPSA) is 182 Å². The number of carbonyl (C=O) groups excluding carboxylic acids is 4. The van der Waals surface area contributed by atoms with Crippen molar-refractivity contribution in [3.63, 3.8) is 0 Å². The highest BCUT2D eigenvalue weighted by molar-refractivity contribution is 7.91. The van der Waals surface area contributed by atoms with E-state index in [-0.39, 0.29) is 30.7 Å². The van der Waals surface area contributed by atoms with Crippen molar-refractivity contribution in [3.8, 4) is 0 Å². The standard InChI is InChI=1S/C27H43N5O7S/c1-27(11-12-27)40(37,38)30-24(34)20-15-18(20)9-5-3-2-4-6-10-21(28)25(35)32-17-19(16-22(32)23(29)33)39-26(36)31-13-7-8-14-31/h5,9,18-22H,2-4,6-8,10-17,28H2,1H3,(H2,29,33)(H,30,34)/b9-5-/t18-,19-,20+,21+,22+/m1/s1. The fourth-order valence-electron chi connectivity index (χ4n) is 5.43. The van der Waals surface area contributed by atoms with Crippen LogP contribution in [0.2, 0.25) is 0 Å². The zero-order valence-corrected chi connectivity index (χ0v) is 24.1. The van der Waals surface area contributed by atoms with Gasteiger partial charge < -0.3 is 26.0 Å². The van der Waals surface area contributed by atoms with Gasteiger partial charge in [-0.15, -0.1) is 0 Å². The van der Waals surface area contributed by atoms with Crippen LogP contribution in [0.1, 0.15) is 77.6 Å². The number of carbonyl (C=O) groups is 4. The third-order valence-electron chi connectivity index (χ3n) is 8.61. The summed E-state index contributed by atoms with van der Waals surface area (Å²) in [6.07, 6.45) is 10.6. The van der Waals surface area contributed by atoms with Gasteiger partial charge in [0.25, 0.3) is 0 Å². The average Bonchev–Trinajstić information content (AvgIpc) is 3.71. The molecule has 4 rings (SSSR count). The van der Waals surface area contributed by atoms with Crippen LogP contribution in [0.3, 0.4) is 0 Å². The number of nitrogens with zero attached hydrogens (tertiary/aromatic N) is 2. The third kappa shape index (κ3) is 7.34. The lowest BCUT2D eigenvalue weighted by molar-refractivity contribution is -0.138. The van der Waals surface area contributed by atoms with Crippen molar-refractivity contribution in [2.45, 2.75) is 100 Å². The molecule has 0 aromatic carbocycles. The molecule has 0 unspecified atom stereocenters. The van der Waals surface area contributed by atoms with E-state index in [9.17, 15) is 27.6 Å². The first-order chi connectivity index (χ1) is 18.9. The van der Waals surface area contributed by atoms with E-state index in [0.717, 1.165) is 38.5 Å². The monoisotopic (exact) mass is 581 g/mol. The van der Waals surface area contributed by atoms with E-state index in [0.29, 0.717) is 38.8 Å². The summed E-state index contributed by atoms with van der Waals surface area (Å²) in [6.45, 7) is 3.07. The molecule has 0 bridgehead atoms. The lowest BCUT2D eigenvalue weighted by Gasteiger charge is -2.25. The van der Waals surface area contributed by atoms with Gasteiger partial charge in [-0.25, -0.2) is 13.2 Å². The van der Waals surface area contributed by atoms with Gasteiger partial charge in [-0.05, 0) is 64.2 Å². The Morgan fingerprint density at radius 3 is 2.45 bits per heavy atom. The number of unbranched alkanes of at least 4 members (excludes halogenated alkanes) is 3. The summed E-state index contributed by atoms with van der Waals surface area (Å²) < 4.78 is 31.4. The van der Waals surface area contributed by atoms with Gasteiger partial charge in [0.1, 0.15) is 12.1 Å². The summed E-state index contributed by atoms with van der Waals surface area (Å²) in [6, 6.07) is -1.62. The van der Waals surface area contributed by atoms with Gasteiger partial charge in [-0.1, -0.05) is 25.0 Å². The second kappa shape index (κ2) is 12.5. The molecule has 0 aromatic rings. The number of amides is 4. The minimum atomic E-state index is -3.59. The second-order valence-electron chi connectivity index (χ2n) is 11.9. The minimum absolute atomic E-state index is 0.0744. The molecule has 0 aromatic heterocycles. The lowest BCUT2D eigenvalue weighted by Crippen LogP contribution is -2.50. The van der Waals surface area contributed by atoms with E-state index in [4.69, 9.17) is 16.2 Å². The van der Waals surface area contributed by atoms with Gasteiger partial charge in [-0.3, -0.25) is 19.1 Å². The zero-order valence-electron chi connectivity index (χ0n) is 23.3. The van der Waals surface area contributed by atoms with Crippen LogP contribution in [-0.2, 0) is 29.1 Å². The van der Waals surface area contributed by atoms with Crippen LogP contribution in [-0.4, -0.2) is 84.6 Å². The van der Waals surface area contributed by atoms with Gasteiger partial charge in [0.15, 0.2) is 0 Å². The highest BCUT2D eigenvalue weighted by atomic mass is 32.2. The predicted octanol–water partition coefficient (Wildman–Crippen LogP) is 1.14. The molecule has 5 N–H and O–H groups in total. The van der Waals surface area contributed by atoms with E-state index < -0.39 is 50.9 Å². The normalized spacial score (nSPS) is 27.9. The number of hydrogen-bond donors (Lipinski definition) is 3. The molecule has 4 aliphatic rings. The number of ether oxygens (including phenoxy) is 1. The molecule has 4 fully saturated rings. The summed E-state index contributed by atoms with van der Waals surface area (Å²) in [7, 11) is -3.59. The summed E-state index contributed by atoms with van der Waals surface area (Å²) in [5.41, 5.74) is 11.7. The molecule has 2 aliphatic heterocycles. The Balaban J connectivity index is 1.11. The molecule has 4 amide bonds. The van der Waals surface area contributed by atoms with Crippen LogP contribution < -0.4 is 16.2 Å². The molecule has 13 heteroatoms. The van der Waals surface area contributed by atoms with Gasteiger partial charge in [0.2, 0.25) is 27.7 Å². The van der Waals surface area contributed by atoms with Gasteiger partial charge in [0.05, 0.1) is 17.3 Å². The van der Waals surface area contributed by atoms with Crippen molar-refractivity contribution in [2.24, 2.45) is 23.3 Å². The molecule has 224 valence electrons. The Morgan fingerprint density at radius 1 is 1.10 bits per heavy atom. The fourth-order valence-corrected chi connectivity index (χ4v) is 6.73. The van der Waals surface area contributed by atoms with Crippen LogP contribution >= 0.6 is 0 Å². The number of primary amides is 1. The summed E-state index contributed by atoms with van der Waals surface area (Å²) >= 11 is 0. The van der Waals surface area contributed by atoms with Gasteiger partial charge in [-0.2, -0.15) is 0 Å². The third-order valence-corrected chi connectivity index (χ3v) is 10.8. The Kier molecular flexibility index (Phi) is 9.44. The lowest BCUT2D eigenvalue weighted by atomic mass is 10.1. The Hall–Kier alpha value is -2.67. The number of sulfonamides is 1. The van der Waals surface area contributed by atoms with E-state index in [1.165, 1.54) is 4.90 Å². The number of hydrogen-bond acceptors (Lipinski definition) is 8. The van der Waals surface area contributed by atoms with Crippen molar-refractivity contribution in [1.82, 2.24) is 14.5 Å². The smallest absolute Gasteiger partial charge is 0.410 e. The zero-order chi connectivity index (χ0) is 29.1. The van der Waals surface area contributed by atoms with Gasteiger partial charge in [0, 0.05) is 25.4 Å². The molecule has 0 radical (unpaired) electrons. The van der Waals surface area contributed by atoms with E-state index in [2.05, 4.69) is 4.72 Å². The highest BCUT2D eigenvalue weighted by Crippen LogP contribution is 2.44. The number of allylic oxidation sites excluding steroid dienone is 2. The molecule has 0 spiro atoms. The van der Waals surface area contributed by atoms with E-state index in [1.807, 2.05) is 12.2 Å².